The van der Waals surface area contributed by atoms with Crippen LogP contribution in [-0.4, -0.2) is 43.0 Å². The van der Waals surface area contributed by atoms with Gasteiger partial charge in [0.1, 0.15) is 17.5 Å². The van der Waals surface area contributed by atoms with Gasteiger partial charge in [0, 0.05) is 55.6 Å². The molecule has 4 heterocycles. The summed E-state index contributed by atoms with van der Waals surface area (Å²) in [4.78, 5) is 28.4. The molecule has 1 N–H and O–H groups in total. The van der Waals surface area contributed by atoms with E-state index in [9.17, 15) is 0 Å². The minimum Gasteiger partial charge on any atom is -0.340 e. The van der Waals surface area contributed by atoms with Crippen LogP contribution in [0, 0.1) is 6.92 Å². The van der Waals surface area contributed by atoms with Crippen LogP contribution in [0.3, 0.4) is 0 Å². The van der Waals surface area contributed by atoms with Crippen molar-refractivity contribution in [2.24, 2.45) is 0 Å². The average Bonchev–Trinajstić information content (AvgIpc) is 3.13. The standard InChI is InChI=1S/C17H18N8/c1-12-9-14(23-15-10-18-6-7-19-15)24-16(22-12)13-3-8-25(11-13)17-20-4-2-5-21-17/h2,4-7,9-10,13H,3,8,11H2,1H3,(H,19,22,23,24)/t13-/m0/s1. The van der Waals surface area contributed by atoms with Gasteiger partial charge in [-0.1, -0.05) is 0 Å². The SMILES string of the molecule is Cc1cc(Nc2cnccn2)nc([C@H]2CCN(c3ncccn3)C2)n1. The first-order valence-electron chi connectivity index (χ1n) is 8.18. The van der Waals surface area contributed by atoms with E-state index in [1.807, 2.05) is 19.1 Å². The summed E-state index contributed by atoms with van der Waals surface area (Å²) >= 11 is 0. The van der Waals surface area contributed by atoms with E-state index >= 15 is 0 Å². The van der Waals surface area contributed by atoms with Crippen molar-refractivity contribution in [2.45, 2.75) is 19.3 Å². The monoisotopic (exact) mass is 334 g/mol. The van der Waals surface area contributed by atoms with E-state index < -0.39 is 0 Å². The zero-order valence-electron chi connectivity index (χ0n) is 13.9. The number of anilines is 3. The summed E-state index contributed by atoms with van der Waals surface area (Å²) in [5, 5.41) is 3.19. The van der Waals surface area contributed by atoms with E-state index in [4.69, 9.17) is 0 Å². The van der Waals surface area contributed by atoms with E-state index in [-0.39, 0.29) is 5.92 Å². The van der Waals surface area contributed by atoms with Crippen molar-refractivity contribution >= 4 is 17.6 Å². The third kappa shape index (κ3) is 3.52. The summed E-state index contributed by atoms with van der Waals surface area (Å²) in [5.41, 5.74) is 0.922. The molecule has 8 heteroatoms. The van der Waals surface area contributed by atoms with Gasteiger partial charge < -0.3 is 10.2 Å². The summed E-state index contributed by atoms with van der Waals surface area (Å²) in [5.74, 6) is 3.25. The summed E-state index contributed by atoms with van der Waals surface area (Å²) in [6, 6.07) is 3.73. The molecule has 126 valence electrons. The summed E-state index contributed by atoms with van der Waals surface area (Å²) in [7, 11) is 0. The average molecular weight is 334 g/mol. The fourth-order valence-corrected chi connectivity index (χ4v) is 2.94. The van der Waals surface area contributed by atoms with Crippen LogP contribution >= 0.6 is 0 Å². The van der Waals surface area contributed by atoms with Crippen molar-refractivity contribution in [1.29, 1.82) is 0 Å². The van der Waals surface area contributed by atoms with Gasteiger partial charge >= 0.3 is 0 Å². The molecule has 1 saturated heterocycles. The number of nitrogens with zero attached hydrogens (tertiary/aromatic N) is 7. The summed E-state index contributed by atoms with van der Waals surface area (Å²) in [6.07, 6.45) is 9.46. The van der Waals surface area contributed by atoms with E-state index in [0.717, 1.165) is 42.8 Å². The Balaban J connectivity index is 1.53. The van der Waals surface area contributed by atoms with Gasteiger partial charge in [0.05, 0.1) is 6.20 Å². The quantitative estimate of drug-likeness (QED) is 0.775. The van der Waals surface area contributed by atoms with Crippen molar-refractivity contribution in [3.8, 4) is 0 Å². The zero-order chi connectivity index (χ0) is 17.1. The lowest BCUT2D eigenvalue weighted by atomic mass is 10.1. The lowest BCUT2D eigenvalue weighted by molar-refractivity contribution is 0.704. The molecule has 1 aliphatic rings. The lowest BCUT2D eigenvalue weighted by Gasteiger charge is -2.16. The highest BCUT2D eigenvalue weighted by molar-refractivity contribution is 5.50. The van der Waals surface area contributed by atoms with Crippen LogP contribution in [0.25, 0.3) is 0 Å². The second-order valence-electron chi connectivity index (χ2n) is 5.95. The molecule has 0 saturated carbocycles. The van der Waals surface area contributed by atoms with Gasteiger partial charge in [-0.15, -0.1) is 0 Å². The van der Waals surface area contributed by atoms with Crippen LogP contribution in [-0.2, 0) is 0 Å². The third-order valence-electron chi connectivity index (χ3n) is 4.08. The minimum absolute atomic E-state index is 0.256. The summed E-state index contributed by atoms with van der Waals surface area (Å²) in [6.45, 7) is 3.69. The van der Waals surface area contributed by atoms with Crippen LogP contribution in [0.1, 0.15) is 23.9 Å². The van der Waals surface area contributed by atoms with Crippen molar-refractivity contribution in [2.75, 3.05) is 23.3 Å². The van der Waals surface area contributed by atoms with E-state index in [0.29, 0.717) is 5.82 Å². The molecule has 0 aromatic carbocycles. The predicted octanol–water partition coefficient (Wildman–Crippen LogP) is 2.10. The Hall–Kier alpha value is -3.16. The first-order valence-corrected chi connectivity index (χ1v) is 8.18. The van der Waals surface area contributed by atoms with Crippen molar-refractivity contribution in [1.82, 2.24) is 29.9 Å². The van der Waals surface area contributed by atoms with E-state index in [2.05, 4.69) is 40.1 Å². The van der Waals surface area contributed by atoms with Gasteiger partial charge in [0.15, 0.2) is 0 Å². The molecule has 0 radical (unpaired) electrons. The van der Waals surface area contributed by atoms with Gasteiger partial charge in [0.25, 0.3) is 0 Å². The first kappa shape index (κ1) is 15.4. The number of nitrogens with one attached hydrogen (secondary N) is 1. The number of rotatable bonds is 4. The Bertz CT molecular complexity index is 840. The van der Waals surface area contributed by atoms with Crippen molar-refractivity contribution < 1.29 is 0 Å². The van der Waals surface area contributed by atoms with Crippen LogP contribution in [0.4, 0.5) is 17.6 Å². The van der Waals surface area contributed by atoms with Crippen molar-refractivity contribution in [3.05, 3.63) is 54.6 Å². The maximum Gasteiger partial charge on any atom is 0.225 e. The summed E-state index contributed by atoms with van der Waals surface area (Å²) < 4.78 is 0. The van der Waals surface area contributed by atoms with Crippen LogP contribution in [0.15, 0.2) is 43.1 Å². The molecule has 3 aromatic rings. The second kappa shape index (κ2) is 6.76. The predicted molar refractivity (Wildman–Crippen MR) is 93.7 cm³/mol. The highest BCUT2D eigenvalue weighted by Crippen LogP contribution is 2.28. The Morgan fingerprint density at radius 1 is 1.04 bits per heavy atom. The Labute approximate surface area is 145 Å². The molecule has 0 bridgehead atoms. The molecule has 0 amide bonds. The van der Waals surface area contributed by atoms with Gasteiger partial charge in [-0.25, -0.2) is 24.9 Å². The van der Waals surface area contributed by atoms with Crippen LogP contribution in [0.2, 0.25) is 0 Å². The van der Waals surface area contributed by atoms with Gasteiger partial charge in [0.2, 0.25) is 5.95 Å². The molecule has 1 aliphatic heterocycles. The Morgan fingerprint density at radius 3 is 2.72 bits per heavy atom. The largest absolute Gasteiger partial charge is 0.340 e. The molecule has 25 heavy (non-hydrogen) atoms. The maximum atomic E-state index is 4.68. The molecule has 3 aromatic heterocycles. The van der Waals surface area contributed by atoms with Gasteiger partial charge in [-0.05, 0) is 19.4 Å². The van der Waals surface area contributed by atoms with E-state index in [1.165, 1.54) is 0 Å². The van der Waals surface area contributed by atoms with E-state index in [1.54, 1.807) is 31.0 Å². The Morgan fingerprint density at radius 2 is 1.92 bits per heavy atom. The van der Waals surface area contributed by atoms with Gasteiger partial charge in [-0.2, -0.15) is 0 Å². The number of hydrogen-bond donors (Lipinski definition) is 1. The minimum atomic E-state index is 0.256. The zero-order valence-corrected chi connectivity index (χ0v) is 13.9. The molecule has 1 atom stereocenters. The van der Waals surface area contributed by atoms with Crippen molar-refractivity contribution in [3.63, 3.8) is 0 Å². The van der Waals surface area contributed by atoms with Gasteiger partial charge in [-0.3, -0.25) is 4.98 Å². The molecule has 0 aliphatic carbocycles. The topological polar surface area (TPSA) is 92.6 Å². The fraction of sp³-hybridized carbons (Fsp3) is 0.294. The van der Waals surface area contributed by atoms with Crippen LogP contribution < -0.4 is 10.2 Å². The number of aryl methyl sites for hydroxylation is 1. The molecule has 0 spiro atoms. The number of aromatic nitrogens is 6. The molecule has 4 rings (SSSR count). The number of hydrogen-bond acceptors (Lipinski definition) is 8. The molecular weight excluding hydrogens is 316 g/mol. The lowest BCUT2D eigenvalue weighted by Crippen LogP contribution is -2.22. The van der Waals surface area contributed by atoms with Crippen LogP contribution in [0.5, 0.6) is 0 Å². The normalized spacial score (nSPS) is 16.8. The third-order valence-corrected chi connectivity index (χ3v) is 4.08. The fourth-order valence-electron chi connectivity index (χ4n) is 2.94. The molecule has 8 nitrogen and oxygen atoms in total. The highest BCUT2D eigenvalue weighted by atomic mass is 15.3. The second-order valence-corrected chi connectivity index (χ2v) is 5.95. The highest BCUT2D eigenvalue weighted by Gasteiger charge is 2.28. The Kier molecular flexibility index (Phi) is 4.16. The molecular formula is C17H18N8. The maximum absolute atomic E-state index is 4.68. The smallest absolute Gasteiger partial charge is 0.225 e. The molecule has 1 fully saturated rings. The first-order chi connectivity index (χ1) is 12.3. The molecule has 0 unspecified atom stereocenters.